The van der Waals surface area contributed by atoms with Crippen molar-refractivity contribution in [2.45, 2.75) is 18.9 Å². The van der Waals surface area contributed by atoms with Gasteiger partial charge in [0.15, 0.2) is 0 Å². The third-order valence-electron chi connectivity index (χ3n) is 2.54. The van der Waals surface area contributed by atoms with Crippen LogP contribution in [-0.4, -0.2) is 25.2 Å². The molecule has 2 rings (SSSR count). The Hall–Kier alpha value is -2.11. The Labute approximate surface area is 103 Å². The fourth-order valence-electron chi connectivity index (χ4n) is 1.45. The van der Waals surface area contributed by atoms with Crippen LogP contribution in [0.2, 0.25) is 0 Å². The lowest BCUT2D eigenvalue weighted by molar-refractivity contribution is 0.0595. The maximum absolute atomic E-state index is 13.5. The molecule has 0 aliphatic heterocycles. The molecular formula is C12H13FN2O3. The number of hydrogen-bond donors (Lipinski definition) is 2. The van der Waals surface area contributed by atoms with Crippen LogP contribution in [0.4, 0.5) is 14.9 Å². The van der Waals surface area contributed by atoms with E-state index >= 15 is 0 Å². The Morgan fingerprint density at radius 1 is 1.39 bits per heavy atom. The molecule has 0 saturated heterocycles. The van der Waals surface area contributed by atoms with Crippen LogP contribution in [0.1, 0.15) is 23.2 Å². The Kier molecular flexibility index (Phi) is 3.45. The van der Waals surface area contributed by atoms with Crippen molar-refractivity contribution in [1.82, 2.24) is 5.32 Å². The highest BCUT2D eigenvalue weighted by molar-refractivity contribution is 5.92. The van der Waals surface area contributed by atoms with Gasteiger partial charge in [0.2, 0.25) is 0 Å². The lowest BCUT2D eigenvalue weighted by atomic mass is 10.2. The Morgan fingerprint density at radius 2 is 2.11 bits per heavy atom. The third-order valence-corrected chi connectivity index (χ3v) is 2.54. The van der Waals surface area contributed by atoms with Gasteiger partial charge in [0.25, 0.3) is 0 Å². The number of hydrogen-bond acceptors (Lipinski definition) is 3. The Bertz CT molecular complexity index is 486. The normalized spacial score (nSPS) is 13.9. The largest absolute Gasteiger partial charge is 0.465 e. The van der Waals surface area contributed by atoms with Crippen molar-refractivity contribution in [1.29, 1.82) is 0 Å². The van der Waals surface area contributed by atoms with Crippen LogP contribution in [-0.2, 0) is 4.74 Å². The van der Waals surface area contributed by atoms with E-state index in [4.69, 9.17) is 0 Å². The zero-order valence-electron chi connectivity index (χ0n) is 9.83. The molecule has 1 aliphatic carbocycles. The lowest BCUT2D eigenvalue weighted by Gasteiger charge is -2.08. The third kappa shape index (κ3) is 2.97. The zero-order chi connectivity index (χ0) is 13.1. The number of urea groups is 1. The van der Waals surface area contributed by atoms with Gasteiger partial charge in [-0.15, -0.1) is 0 Å². The van der Waals surface area contributed by atoms with E-state index in [-0.39, 0.29) is 17.6 Å². The number of rotatable bonds is 3. The number of nitrogens with one attached hydrogen (secondary N) is 2. The predicted octanol–water partition coefficient (Wildman–Crippen LogP) is 1.90. The first-order valence-corrected chi connectivity index (χ1v) is 5.55. The second-order valence-corrected chi connectivity index (χ2v) is 4.06. The second kappa shape index (κ2) is 5.03. The summed E-state index contributed by atoms with van der Waals surface area (Å²) in [5.74, 6) is -1.48. The number of benzene rings is 1. The van der Waals surface area contributed by atoms with Gasteiger partial charge >= 0.3 is 12.0 Å². The van der Waals surface area contributed by atoms with Crippen LogP contribution in [0.15, 0.2) is 18.2 Å². The fraction of sp³-hybridized carbons (Fsp3) is 0.333. The molecule has 96 valence electrons. The van der Waals surface area contributed by atoms with Crippen molar-refractivity contribution in [3.63, 3.8) is 0 Å². The molecule has 6 heteroatoms. The van der Waals surface area contributed by atoms with E-state index in [1.807, 2.05) is 0 Å². The minimum atomic E-state index is -0.749. The van der Waals surface area contributed by atoms with Gasteiger partial charge in [-0.05, 0) is 31.0 Å². The highest BCUT2D eigenvalue weighted by Gasteiger charge is 2.23. The van der Waals surface area contributed by atoms with Gasteiger partial charge < -0.3 is 15.4 Å². The maximum atomic E-state index is 13.5. The van der Waals surface area contributed by atoms with E-state index < -0.39 is 11.8 Å². The van der Waals surface area contributed by atoms with Crippen molar-refractivity contribution in [3.8, 4) is 0 Å². The van der Waals surface area contributed by atoms with Crippen molar-refractivity contribution in [3.05, 3.63) is 29.6 Å². The fourth-order valence-corrected chi connectivity index (χ4v) is 1.45. The number of ether oxygens (including phenoxy) is 1. The molecule has 0 spiro atoms. The smallest absolute Gasteiger partial charge is 0.340 e. The standard InChI is InChI=1S/C12H13FN2O3/c1-18-11(16)9-5-4-8(6-10(9)13)15-12(17)14-7-2-3-7/h4-7H,2-3H2,1H3,(H2,14,15,17). The molecule has 2 amide bonds. The Balaban J connectivity index is 2.03. The van der Waals surface area contributed by atoms with E-state index in [0.717, 1.165) is 18.9 Å². The molecule has 0 heterocycles. The summed E-state index contributed by atoms with van der Waals surface area (Å²) in [7, 11) is 1.18. The highest BCUT2D eigenvalue weighted by atomic mass is 19.1. The van der Waals surface area contributed by atoms with E-state index in [2.05, 4.69) is 15.4 Å². The molecule has 1 aromatic rings. The van der Waals surface area contributed by atoms with Gasteiger partial charge in [0.05, 0.1) is 12.7 Å². The molecule has 18 heavy (non-hydrogen) atoms. The second-order valence-electron chi connectivity index (χ2n) is 4.06. The molecule has 0 aromatic heterocycles. The first-order valence-electron chi connectivity index (χ1n) is 5.55. The molecule has 1 fully saturated rings. The number of carbonyl (C=O) groups is 2. The number of carbonyl (C=O) groups excluding carboxylic acids is 2. The van der Waals surface area contributed by atoms with Gasteiger partial charge in [0.1, 0.15) is 5.82 Å². The minimum Gasteiger partial charge on any atom is -0.465 e. The van der Waals surface area contributed by atoms with Crippen LogP contribution in [0.3, 0.4) is 0 Å². The van der Waals surface area contributed by atoms with Crippen LogP contribution >= 0.6 is 0 Å². The number of amides is 2. The lowest BCUT2D eigenvalue weighted by Crippen LogP contribution is -2.30. The van der Waals surface area contributed by atoms with Crippen LogP contribution < -0.4 is 10.6 Å². The number of anilines is 1. The average Bonchev–Trinajstić information content (AvgIpc) is 3.12. The molecule has 1 saturated carbocycles. The number of halogens is 1. The highest BCUT2D eigenvalue weighted by Crippen LogP contribution is 2.19. The van der Waals surface area contributed by atoms with Gasteiger partial charge in [-0.25, -0.2) is 14.0 Å². The quantitative estimate of drug-likeness (QED) is 0.807. The van der Waals surface area contributed by atoms with Crippen molar-refractivity contribution in [2.24, 2.45) is 0 Å². The molecule has 0 radical (unpaired) electrons. The topological polar surface area (TPSA) is 67.4 Å². The molecule has 5 nitrogen and oxygen atoms in total. The molecule has 0 atom stereocenters. The molecule has 0 unspecified atom stereocenters. The van der Waals surface area contributed by atoms with E-state index in [9.17, 15) is 14.0 Å². The molecule has 2 N–H and O–H groups in total. The van der Waals surface area contributed by atoms with Crippen molar-refractivity contribution < 1.29 is 18.7 Å². The Morgan fingerprint density at radius 3 is 2.67 bits per heavy atom. The summed E-state index contributed by atoms with van der Waals surface area (Å²) in [6.07, 6.45) is 1.95. The zero-order valence-corrected chi connectivity index (χ0v) is 9.83. The first kappa shape index (κ1) is 12.3. The summed E-state index contributed by atoms with van der Waals surface area (Å²) in [4.78, 5) is 22.6. The van der Waals surface area contributed by atoms with E-state index in [1.54, 1.807) is 0 Å². The molecule has 0 bridgehead atoms. The van der Waals surface area contributed by atoms with Crippen LogP contribution in [0, 0.1) is 5.82 Å². The molecular weight excluding hydrogens is 239 g/mol. The predicted molar refractivity (Wildman–Crippen MR) is 62.9 cm³/mol. The molecule has 1 aromatic carbocycles. The summed E-state index contributed by atoms with van der Waals surface area (Å²) in [5, 5.41) is 5.20. The summed E-state index contributed by atoms with van der Waals surface area (Å²) >= 11 is 0. The van der Waals surface area contributed by atoms with E-state index in [1.165, 1.54) is 19.2 Å². The maximum Gasteiger partial charge on any atom is 0.340 e. The van der Waals surface area contributed by atoms with Gasteiger partial charge in [-0.1, -0.05) is 0 Å². The van der Waals surface area contributed by atoms with Crippen LogP contribution in [0.5, 0.6) is 0 Å². The van der Waals surface area contributed by atoms with Gasteiger partial charge in [0, 0.05) is 11.7 Å². The monoisotopic (exact) mass is 252 g/mol. The number of esters is 1. The number of methoxy groups -OCH3 is 1. The van der Waals surface area contributed by atoms with Gasteiger partial charge in [-0.3, -0.25) is 0 Å². The molecule has 1 aliphatic rings. The van der Waals surface area contributed by atoms with Crippen LogP contribution in [0.25, 0.3) is 0 Å². The summed E-state index contributed by atoms with van der Waals surface area (Å²) in [6, 6.07) is 3.65. The van der Waals surface area contributed by atoms with E-state index in [0.29, 0.717) is 5.69 Å². The first-order chi connectivity index (χ1) is 8.60. The summed E-state index contributed by atoms with van der Waals surface area (Å²) < 4.78 is 18.0. The summed E-state index contributed by atoms with van der Waals surface area (Å²) in [6.45, 7) is 0. The van der Waals surface area contributed by atoms with Crippen molar-refractivity contribution >= 4 is 17.7 Å². The van der Waals surface area contributed by atoms with Gasteiger partial charge in [-0.2, -0.15) is 0 Å². The minimum absolute atomic E-state index is 0.161. The van der Waals surface area contributed by atoms with Crippen molar-refractivity contribution in [2.75, 3.05) is 12.4 Å². The summed E-state index contributed by atoms with van der Waals surface area (Å²) in [5.41, 5.74) is 0.129. The SMILES string of the molecule is COC(=O)c1ccc(NC(=O)NC2CC2)cc1F. The average molecular weight is 252 g/mol.